The molecule has 1 heteroatoms. The van der Waals surface area contributed by atoms with Crippen molar-refractivity contribution in [2.75, 3.05) is 6.61 Å². The molecule has 1 aromatic carbocycles. The molecule has 0 unspecified atom stereocenters. The van der Waals surface area contributed by atoms with Crippen LogP contribution in [0.3, 0.4) is 0 Å². The summed E-state index contributed by atoms with van der Waals surface area (Å²) < 4.78 is 0. The van der Waals surface area contributed by atoms with Crippen LogP contribution in [-0.2, 0) is 0 Å². The Morgan fingerprint density at radius 2 is 1.95 bits per heavy atom. The summed E-state index contributed by atoms with van der Waals surface area (Å²) >= 11 is 0. The molecule has 1 aliphatic carbocycles. The zero-order valence-electron chi connectivity index (χ0n) is 13.4. The average molecular weight is 282 g/mol. The van der Waals surface area contributed by atoms with E-state index in [1.807, 2.05) is 24.3 Å². The molecule has 1 N–H and O–H groups in total. The van der Waals surface area contributed by atoms with Crippen molar-refractivity contribution in [1.82, 2.24) is 0 Å². The smallest absolute Gasteiger partial charge is 0.0621 e. The van der Waals surface area contributed by atoms with Gasteiger partial charge in [0.2, 0.25) is 0 Å². The van der Waals surface area contributed by atoms with Crippen LogP contribution in [0.4, 0.5) is 0 Å². The second-order valence-corrected chi connectivity index (χ2v) is 6.47. The van der Waals surface area contributed by atoms with E-state index in [4.69, 9.17) is 0 Å². The van der Waals surface area contributed by atoms with Crippen molar-refractivity contribution >= 4 is 5.57 Å². The molecule has 0 saturated carbocycles. The van der Waals surface area contributed by atoms with Gasteiger partial charge in [-0.3, -0.25) is 0 Å². The van der Waals surface area contributed by atoms with E-state index in [-0.39, 0.29) is 12.0 Å². The Balaban J connectivity index is 2.31. The van der Waals surface area contributed by atoms with Gasteiger partial charge in [-0.25, -0.2) is 0 Å². The first-order valence-corrected chi connectivity index (χ1v) is 7.79. The van der Waals surface area contributed by atoms with E-state index in [0.717, 1.165) is 11.1 Å². The quantitative estimate of drug-likeness (QED) is 0.758. The maximum atomic E-state index is 9.27. The molecule has 1 aromatic rings. The van der Waals surface area contributed by atoms with Crippen molar-refractivity contribution in [2.45, 2.75) is 40.0 Å². The standard InChI is InChI=1S/C20H26O/c1-16-8-7-14-20(2,3)19(16)12-11-18(13-15-21)17-9-5-4-6-10-17/h4-6,9-13,21H,7-8,14-15H2,1-3H3/b12-11+,18-13+. The summed E-state index contributed by atoms with van der Waals surface area (Å²) in [7, 11) is 0. The predicted octanol–water partition coefficient (Wildman–Crippen LogP) is 5.15. The zero-order valence-corrected chi connectivity index (χ0v) is 13.4. The van der Waals surface area contributed by atoms with Crippen molar-refractivity contribution in [3.05, 3.63) is 65.3 Å². The molecule has 0 aromatic heterocycles. The maximum absolute atomic E-state index is 9.27. The van der Waals surface area contributed by atoms with Crippen LogP contribution in [-0.4, -0.2) is 11.7 Å². The Labute approximate surface area is 128 Å². The molecule has 0 saturated heterocycles. The van der Waals surface area contributed by atoms with Crippen LogP contribution in [0, 0.1) is 5.41 Å². The van der Waals surface area contributed by atoms with E-state index in [1.54, 1.807) is 0 Å². The number of rotatable bonds is 4. The van der Waals surface area contributed by atoms with Crippen LogP contribution in [0.15, 0.2) is 59.7 Å². The monoisotopic (exact) mass is 282 g/mol. The molecule has 0 amide bonds. The minimum absolute atomic E-state index is 0.0655. The second kappa shape index (κ2) is 6.91. The fourth-order valence-corrected chi connectivity index (χ4v) is 3.19. The molecular weight excluding hydrogens is 256 g/mol. The summed E-state index contributed by atoms with van der Waals surface area (Å²) in [6.45, 7) is 6.97. The van der Waals surface area contributed by atoms with Crippen LogP contribution >= 0.6 is 0 Å². The minimum atomic E-state index is 0.0655. The van der Waals surface area contributed by atoms with Gasteiger partial charge in [-0.2, -0.15) is 0 Å². The molecule has 112 valence electrons. The summed E-state index contributed by atoms with van der Waals surface area (Å²) in [6, 6.07) is 10.2. The second-order valence-electron chi connectivity index (χ2n) is 6.47. The normalized spacial score (nSPS) is 19.3. The van der Waals surface area contributed by atoms with E-state index in [9.17, 15) is 5.11 Å². The number of allylic oxidation sites excluding steroid dienone is 5. The van der Waals surface area contributed by atoms with E-state index in [2.05, 4.69) is 45.1 Å². The van der Waals surface area contributed by atoms with Gasteiger partial charge in [-0.1, -0.05) is 68.0 Å². The molecular formula is C20H26O. The Morgan fingerprint density at radius 3 is 2.57 bits per heavy atom. The van der Waals surface area contributed by atoms with Gasteiger partial charge in [-0.05, 0) is 48.3 Å². The summed E-state index contributed by atoms with van der Waals surface area (Å²) in [5, 5.41) is 9.27. The molecule has 0 aliphatic heterocycles. The van der Waals surface area contributed by atoms with Crippen LogP contribution < -0.4 is 0 Å². The Kier molecular flexibility index (Phi) is 5.19. The van der Waals surface area contributed by atoms with Crippen LogP contribution in [0.25, 0.3) is 5.57 Å². The van der Waals surface area contributed by atoms with Gasteiger partial charge in [0.1, 0.15) is 0 Å². The molecule has 1 aliphatic rings. The highest BCUT2D eigenvalue weighted by atomic mass is 16.2. The average Bonchev–Trinajstić information content (AvgIpc) is 2.46. The molecule has 1 nitrogen and oxygen atoms in total. The predicted molar refractivity (Wildman–Crippen MR) is 91.0 cm³/mol. The topological polar surface area (TPSA) is 20.2 Å². The summed E-state index contributed by atoms with van der Waals surface area (Å²) in [4.78, 5) is 0. The fraction of sp³-hybridized carbons (Fsp3) is 0.400. The highest BCUT2D eigenvalue weighted by Gasteiger charge is 2.26. The highest BCUT2D eigenvalue weighted by Crippen LogP contribution is 2.41. The first-order valence-electron chi connectivity index (χ1n) is 7.79. The SMILES string of the molecule is CC1=C(/C=C/C(=C\CO)c2ccccc2)C(C)(C)CCC1. The maximum Gasteiger partial charge on any atom is 0.0621 e. The summed E-state index contributed by atoms with van der Waals surface area (Å²) in [5.41, 5.74) is 5.43. The van der Waals surface area contributed by atoms with Crippen molar-refractivity contribution in [2.24, 2.45) is 5.41 Å². The van der Waals surface area contributed by atoms with E-state index >= 15 is 0 Å². The molecule has 21 heavy (non-hydrogen) atoms. The van der Waals surface area contributed by atoms with Crippen molar-refractivity contribution in [1.29, 1.82) is 0 Å². The molecule has 0 atom stereocenters. The van der Waals surface area contributed by atoms with Crippen LogP contribution in [0.1, 0.15) is 45.6 Å². The molecule has 0 bridgehead atoms. The molecule has 2 rings (SSSR count). The van der Waals surface area contributed by atoms with Gasteiger partial charge >= 0.3 is 0 Å². The Hall–Kier alpha value is -1.60. The lowest BCUT2D eigenvalue weighted by Crippen LogP contribution is -2.19. The lowest BCUT2D eigenvalue weighted by molar-refractivity contribution is 0.343. The number of hydrogen-bond acceptors (Lipinski definition) is 1. The lowest BCUT2D eigenvalue weighted by atomic mass is 9.72. The number of hydrogen-bond donors (Lipinski definition) is 1. The molecule has 0 spiro atoms. The zero-order chi connectivity index (χ0) is 15.3. The van der Waals surface area contributed by atoms with Crippen molar-refractivity contribution < 1.29 is 5.11 Å². The summed E-state index contributed by atoms with van der Waals surface area (Å²) in [5.74, 6) is 0. The Morgan fingerprint density at radius 1 is 1.24 bits per heavy atom. The third-order valence-electron chi connectivity index (χ3n) is 4.39. The van der Waals surface area contributed by atoms with Gasteiger partial charge in [0.15, 0.2) is 0 Å². The first kappa shape index (κ1) is 15.8. The van der Waals surface area contributed by atoms with E-state index in [0.29, 0.717) is 0 Å². The van der Waals surface area contributed by atoms with Crippen molar-refractivity contribution in [3.8, 4) is 0 Å². The number of benzene rings is 1. The third-order valence-corrected chi connectivity index (χ3v) is 4.39. The van der Waals surface area contributed by atoms with Gasteiger partial charge in [0.05, 0.1) is 6.61 Å². The van der Waals surface area contributed by atoms with Crippen molar-refractivity contribution in [3.63, 3.8) is 0 Å². The highest BCUT2D eigenvalue weighted by molar-refractivity contribution is 5.74. The van der Waals surface area contributed by atoms with Crippen LogP contribution in [0.5, 0.6) is 0 Å². The summed E-state index contributed by atoms with van der Waals surface area (Å²) in [6.07, 6.45) is 10.0. The largest absolute Gasteiger partial charge is 0.392 e. The fourth-order valence-electron chi connectivity index (χ4n) is 3.19. The Bertz CT molecular complexity index is 559. The number of aliphatic hydroxyl groups is 1. The van der Waals surface area contributed by atoms with E-state index < -0.39 is 0 Å². The molecule has 0 radical (unpaired) electrons. The molecule has 0 fully saturated rings. The van der Waals surface area contributed by atoms with E-state index in [1.165, 1.54) is 30.4 Å². The number of aliphatic hydroxyl groups excluding tert-OH is 1. The lowest BCUT2D eigenvalue weighted by Gasteiger charge is -2.33. The van der Waals surface area contributed by atoms with Gasteiger partial charge in [0, 0.05) is 0 Å². The van der Waals surface area contributed by atoms with Gasteiger partial charge < -0.3 is 5.11 Å². The van der Waals surface area contributed by atoms with Gasteiger partial charge in [-0.15, -0.1) is 0 Å². The minimum Gasteiger partial charge on any atom is -0.392 e. The van der Waals surface area contributed by atoms with Gasteiger partial charge in [0.25, 0.3) is 0 Å². The van der Waals surface area contributed by atoms with Crippen LogP contribution in [0.2, 0.25) is 0 Å². The molecule has 0 heterocycles. The third kappa shape index (κ3) is 3.95. The first-order chi connectivity index (χ1) is 10.0.